The lowest BCUT2D eigenvalue weighted by Crippen LogP contribution is -2.36. The average Bonchev–Trinajstić information content (AvgIpc) is 2.66. The SMILES string of the molecule is CCOC(=O)c1ccccc1NC(=O)CN(C(C)=O)c1ccc(C(C)=O)cc1. The van der Waals surface area contributed by atoms with Crippen LogP contribution in [0.15, 0.2) is 48.5 Å². The van der Waals surface area contributed by atoms with Crippen LogP contribution in [0.4, 0.5) is 11.4 Å². The quantitative estimate of drug-likeness (QED) is 0.587. The number of ketones is 1. The van der Waals surface area contributed by atoms with Gasteiger partial charge < -0.3 is 15.0 Å². The van der Waals surface area contributed by atoms with Gasteiger partial charge in [0.25, 0.3) is 0 Å². The fraction of sp³-hybridized carbons (Fsp3) is 0.238. The largest absolute Gasteiger partial charge is 0.462 e. The van der Waals surface area contributed by atoms with E-state index >= 15 is 0 Å². The van der Waals surface area contributed by atoms with Gasteiger partial charge in [-0.1, -0.05) is 12.1 Å². The number of benzene rings is 2. The van der Waals surface area contributed by atoms with Gasteiger partial charge in [0.1, 0.15) is 6.54 Å². The number of esters is 1. The maximum atomic E-state index is 12.5. The van der Waals surface area contributed by atoms with Crippen LogP contribution in [0.3, 0.4) is 0 Å². The third-order valence-electron chi connectivity index (χ3n) is 3.96. The van der Waals surface area contributed by atoms with Crippen LogP contribution in [-0.4, -0.2) is 36.7 Å². The van der Waals surface area contributed by atoms with Crippen molar-refractivity contribution >= 4 is 34.9 Å². The molecule has 0 spiro atoms. The van der Waals surface area contributed by atoms with Gasteiger partial charge in [-0.15, -0.1) is 0 Å². The highest BCUT2D eigenvalue weighted by Crippen LogP contribution is 2.18. The molecule has 0 aromatic heterocycles. The maximum Gasteiger partial charge on any atom is 0.340 e. The Morgan fingerprint density at radius 1 is 0.964 bits per heavy atom. The van der Waals surface area contributed by atoms with Crippen molar-refractivity contribution in [2.45, 2.75) is 20.8 Å². The monoisotopic (exact) mass is 382 g/mol. The molecule has 0 aliphatic heterocycles. The van der Waals surface area contributed by atoms with Gasteiger partial charge >= 0.3 is 5.97 Å². The Labute approximate surface area is 163 Å². The number of carbonyl (C=O) groups excluding carboxylic acids is 4. The van der Waals surface area contributed by atoms with Gasteiger partial charge in [-0.2, -0.15) is 0 Å². The molecule has 0 aliphatic rings. The minimum absolute atomic E-state index is 0.0887. The van der Waals surface area contributed by atoms with Crippen LogP contribution >= 0.6 is 0 Å². The van der Waals surface area contributed by atoms with Crippen LogP contribution in [0.1, 0.15) is 41.5 Å². The lowest BCUT2D eigenvalue weighted by atomic mass is 10.1. The molecule has 146 valence electrons. The second-order valence-electron chi connectivity index (χ2n) is 6.02. The number of hydrogen-bond donors (Lipinski definition) is 1. The first-order valence-corrected chi connectivity index (χ1v) is 8.78. The molecule has 0 atom stereocenters. The van der Waals surface area contributed by atoms with Crippen molar-refractivity contribution in [1.29, 1.82) is 0 Å². The molecule has 0 heterocycles. The molecule has 28 heavy (non-hydrogen) atoms. The van der Waals surface area contributed by atoms with Crippen LogP contribution < -0.4 is 10.2 Å². The van der Waals surface area contributed by atoms with Crippen LogP contribution in [-0.2, 0) is 14.3 Å². The molecule has 7 nitrogen and oxygen atoms in total. The van der Waals surface area contributed by atoms with E-state index in [9.17, 15) is 19.2 Å². The Hall–Kier alpha value is -3.48. The summed E-state index contributed by atoms with van der Waals surface area (Å²) in [6.07, 6.45) is 0. The van der Waals surface area contributed by atoms with Gasteiger partial charge in [0, 0.05) is 18.2 Å². The number of hydrogen-bond acceptors (Lipinski definition) is 5. The summed E-state index contributed by atoms with van der Waals surface area (Å²) in [5.74, 6) is -1.43. The predicted octanol–water partition coefficient (Wildman–Crippen LogP) is 3.06. The molecule has 0 radical (unpaired) electrons. The molecule has 0 aliphatic carbocycles. The number of amides is 2. The Bertz CT molecular complexity index is 890. The van der Waals surface area contributed by atoms with Crippen molar-refractivity contribution in [1.82, 2.24) is 0 Å². The van der Waals surface area contributed by atoms with Gasteiger partial charge in [0.05, 0.1) is 17.9 Å². The third kappa shape index (κ3) is 5.26. The van der Waals surface area contributed by atoms with Crippen LogP contribution in [0.25, 0.3) is 0 Å². The number of nitrogens with one attached hydrogen (secondary N) is 1. The van der Waals surface area contributed by atoms with Gasteiger partial charge in [0.2, 0.25) is 11.8 Å². The van der Waals surface area contributed by atoms with Crippen molar-refractivity contribution in [3.63, 3.8) is 0 Å². The van der Waals surface area contributed by atoms with Gasteiger partial charge in [0.15, 0.2) is 5.78 Å². The molecule has 2 aromatic rings. The van der Waals surface area contributed by atoms with E-state index in [1.165, 1.54) is 18.7 Å². The highest BCUT2D eigenvalue weighted by Gasteiger charge is 2.19. The molecular formula is C21H22N2O5. The number of ether oxygens (including phenoxy) is 1. The van der Waals surface area contributed by atoms with E-state index < -0.39 is 11.9 Å². The fourth-order valence-corrected chi connectivity index (χ4v) is 2.57. The standard InChI is InChI=1S/C21H22N2O5/c1-4-28-21(27)18-7-5-6-8-19(18)22-20(26)13-23(15(3)25)17-11-9-16(10-12-17)14(2)24/h5-12H,4,13H2,1-3H3,(H,22,26). The number of para-hydroxylation sites is 1. The minimum Gasteiger partial charge on any atom is -0.462 e. The number of nitrogens with zero attached hydrogens (tertiary/aromatic N) is 1. The van der Waals surface area contributed by atoms with Gasteiger partial charge in [-0.25, -0.2) is 4.79 Å². The molecular weight excluding hydrogens is 360 g/mol. The van der Waals surface area contributed by atoms with Gasteiger partial charge in [-0.3, -0.25) is 14.4 Å². The topological polar surface area (TPSA) is 92.8 Å². The molecule has 2 rings (SSSR count). The summed E-state index contributed by atoms with van der Waals surface area (Å²) < 4.78 is 4.99. The Morgan fingerprint density at radius 2 is 1.61 bits per heavy atom. The van der Waals surface area contributed by atoms with Gasteiger partial charge in [-0.05, 0) is 50.2 Å². The highest BCUT2D eigenvalue weighted by molar-refractivity contribution is 6.05. The number of carbonyl (C=O) groups is 4. The van der Waals surface area contributed by atoms with E-state index in [0.717, 1.165) is 0 Å². The summed E-state index contributed by atoms with van der Waals surface area (Å²) >= 11 is 0. The number of Topliss-reactive ketones (excluding diaryl/α,β-unsaturated/α-hetero) is 1. The van der Waals surface area contributed by atoms with Crippen molar-refractivity contribution in [3.05, 3.63) is 59.7 Å². The predicted molar refractivity (Wildman–Crippen MR) is 106 cm³/mol. The molecule has 0 unspecified atom stereocenters. The maximum absolute atomic E-state index is 12.5. The summed E-state index contributed by atoms with van der Waals surface area (Å²) in [6.45, 7) is 4.47. The highest BCUT2D eigenvalue weighted by atomic mass is 16.5. The van der Waals surface area contributed by atoms with E-state index in [2.05, 4.69) is 5.32 Å². The molecule has 0 fully saturated rings. The second-order valence-corrected chi connectivity index (χ2v) is 6.02. The summed E-state index contributed by atoms with van der Waals surface area (Å²) in [4.78, 5) is 49.2. The first-order chi connectivity index (χ1) is 13.3. The normalized spacial score (nSPS) is 10.1. The summed E-state index contributed by atoms with van der Waals surface area (Å²) in [7, 11) is 0. The molecule has 0 saturated carbocycles. The Kier molecular flexibility index (Phi) is 7.03. The smallest absolute Gasteiger partial charge is 0.340 e. The fourth-order valence-electron chi connectivity index (χ4n) is 2.57. The molecule has 2 aromatic carbocycles. The zero-order valence-electron chi connectivity index (χ0n) is 16.0. The Morgan fingerprint density at radius 3 is 2.18 bits per heavy atom. The van der Waals surface area contributed by atoms with Crippen molar-refractivity contribution in [3.8, 4) is 0 Å². The first-order valence-electron chi connectivity index (χ1n) is 8.78. The van der Waals surface area contributed by atoms with E-state index in [1.54, 1.807) is 55.5 Å². The average molecular weight is 382 g/mol. The zero-order chi connectivity index (χ0) is 20.7. The molecule has 1 N–H and O–H groups in total. The molecule has 2 amide bonds. The lowest BCUT2D eigenvalue weighted by molar-refractivity contribution is -0.120. The zero-order valence-corrected chi connectivity index (χ0v) is 16.0. The Balaban J connectivity index is 2.17. The lowest BCUT2D eigenvalue weighted by Gasteiger charge is -2.21. The van der Waals surface area contributed by atoms with Crippen LogP contribution in [0, 0.1) is 0 Å². The summed E-state index contributed by atoms with van der Waals surface area (Å²) in [5.41, 5.74) is 1.55. The third-order valence-corrected chi connectivity index (χ3v) is 3.96. The van der Waals surface area contributed by atoms with E-state index in [-0.39, 0.29) is 30.4 Å². The number of anilines is 2. The molecule has 7 heteroatoms. The van der Waals surface area contributed by atoms with E-state index in [0.29, 0.717) is 16.9 Å². The van der Waals surface area contributed by atoms with Crippen molar-refractivity contribution in [2.75, 3.05) is 23.4 Å². The summed E-state index contributed by atoms with van der Waals surface area (Å²) in [6, 6.07) is 12.9. The van der Waals surface area contributed by atoms with Crippen molar-refractivity contribution < 1.29 is 23.9 Å². The van der Waals surface area contributed by atoms with Crippen LogP contribution in [0.2, 0.25) is 0 Å². The van der Waals surface area contributed by atoms with Crippen molar-refractivity contribution in [2.24, 2.45) is 0 Å². The molecule has 0 bridgehead atoms. The summed E-state index contributed by atoms with van der Waals surface area (Å²) in [5, 5.41) is 2.65. The van der Waals surface area contributed by atoms with Crippen LogP contribution in [0.5, 0.6) is 0 Å². The van der Waals surface area contributed by atoms with E-state index in [1.807, 2.05) is 0 Å². The number of rotatable bonds is 7. The van der Waals surface area contributed by atoms with E-state index in [4.69, 9.17) is 4.74 Å². The first kappa shape index (κ1) is 20.8. The second kappa shape index (κ2) is 9.45. The molecule has 0 saturated heterocycles. The minimum atomic E-state index is -0.540.